The predicted octanol–water partition coefficient (Wildman–Crippen LogP) is 3.59. The van der Waals surface area contributed by atoms with Crippen LogP contribution in [-0.4, -0.2) is 26.6 Å². The Labute approximate surface area is 155 Å². The van der Waals surface area contributed by atoms with Crippen molar-refractivity contribution in [1.29, 1.82) is 0 Å². The average Bonchev–Trinajstić information content (AvgIpc) is 2.58. The normalized spacial score (nSPS) is 14.2. The van der Waals surface area contributed by atoms with Crippen molar-refractivity contribution in [3.05, 3.63) is 64.7 Å². The van der Waals surface area contributed by atoms with Gasteiger partial charge >= 0.3 is 0 Å². The van der Waals surface area contributed by atoms with E-state index >= 15 is 0 Å². The number of anilines is 1. The van der Waals surface area contributed by atoms with Crippen molar-refractivity contribution in [2.24, 2.45) is 0 Å². The van der Waals surface area contributed by atoms with Gasteiger partial charge in [-0.15, -0.1) is 0 Å². The summed E-state index contributed by atoms with van der Waals surface area (Å²) in [6.07, 6.45) is 1.91. The zero-order valence-electron chi connectivity index (χ0n) is 15.4. The standard InChI is InChI=1S/C21H25NO3S/c1-16-12-17(2)14-18(13-16)15-26(24,25)11-9-21(23)22-10-5-7-19-6-3-4-8-20(19)22/h3-4,6,8,12-14H,5,7,9-11,15H2,1-2H3. The van der Waals surface area contributed by atoms with Gasteiger partial charge in [-0.2, -0.15) is 0 Å². The Bertz CT molecular complexity index is 898. The van der Waals surface area contributed by atoms with E-state index in [0.717, 1.165) is 40.8 Å². The van der Waals surface area contributed by atoms with Crippen LogP contribution >= 0.6 is 0 Å². The number of amides is 1. The minimum atomic E-state index is -3.33. The van der Waals surface area contributed by atoms with Gasteiger partial charge in [-0.25, -0.2) is 8.42 Å². The topological polar surface area (TPSA) is 54.5 Å². The number of fused-ring (bicyclic) bond motifs is 1. The highest BCUT2D eigenvalue weighted by atomic mass is 32.2. The first-order valence-electron chi connectivity index (χ1n) is 9.00. The summed E-state index contributed by atoms with van der Waals surface area (Å²) in [5.41, 5.74) is 4.98. The first kappa shape index (κ1) is 18.6. The van der Waals surface area contributed by atoms with Crippen LogP contribution in [0.3, 0.4) is 0 Å². The summed E-state index contributed by atoms with van der Waals surface area (Å²) in [7, 11) is -3.33. The van der Waals surface area contributed by atoms with Gasteiger partial charge in [0.25, 0.3) is 0 Å². The summed E-state index contributed by atoms with van der Waals surface area (Å²) in [6.45, 7) is 4.58. The molecule has 0 bridgehead atoms. The van der Waals surface area contributed by atoms with Gasteiger partial charge in [-0.3, -0.25) is 4.79 Å². The highest BCUT2D eigenvalue weighted by Gasteiger charge is 2.23. The van der Waals surface area contributed by atoms with E-state index in [1.165, 1.54) is 0 Å². The summed E-state index contributed by atoms with van der Waals surface area (Å²) in [5, 5.41) is 0. The van der Waals surface area contributed by atoms with Crippen LogP contribution in [-0.2, 0) is 26.8 Å². The predicted molar refractivity (Wildman–Crippen MR) is 105 cm³/mol. The molecule has 0 saturated heterocycles. The summed E-state index contributed by atoms with van der Waals surface area (Å²) < 4.78 is 25.0. The fourth-order valence-corrected chi connectivity index (χ4v) is 4.95. The number of sulfone groups is 1. The van der Waals surface area contributed by atoms with Crippen molar-refractivity contribution in [1.82, 2.24) is 0 Å². The number of aryl methyl sites for hydroxylation is 3. The van der Waals surface area contributed by atoms with E-state index < -0.39 is 9.84 Å². The molecule has 0 N–H and O–H groups in total. The van der Waals surface area contributed by atoms with Crippen molar-refractivity contribution in [2.45, 2.75) is 38.9 Å². The number of rotatable bonds is 5. The third kappa shape index (κ3) is 4.52. The van der Waals surface area contributed by atoms with Crippen LogP contribution in [0.2, 0.25) is 0 Å². The van der Waals surface area contributed by atoms with Gasteiger partial charge in [-0.1, -0.05) is 47.5 Å². The lowest BCUT2D eigenvalue weighted by molar-refractivity contribution is -0.118. The molecule has 26 heavy (non-hydrogen) atoms. The Morgan fingerprint density at radius 3 is 2.50 bits per heavy atom. The van der Waals surface area contributed by atoms with E-state index in [-0.39, 0.29) is 23.8 Å². The summed E-state index contributed by atoms with van der Waals surface area (Å²) in [5.74, 6) is -0.238. The number of para-hydroxylation sites is 1. The second-order valence-corrected chi connectivity index (χ2v) is 9.30. The lowest BCUT2D eigenvalue weighted by Crippen LogP contribution is -2.36. The fourth-order valence-electron chi connectivity index (χ4n) is 3.65. The van der Waals surface area contributed by atoms with Crippen molar-refractivity contribution < 1.29 is 13.2 Å². The van der Waals surface area contributed by atoms with Gasteiger partial charge in [0.05, 0.1) is 11.5 Å². The maximum Gasteiger partial charge on any atom is 0.228 e. The van der Waals surface area contributed by atoms with Gasteiger partial charge in [0.15, 0.2) is 9.84 Å². The molecule has 0 unspecified atom stereocenters. The Kier molecular flexibility index (Phi) is 5.47. The summed E-state index contributed by atoms with van der Waals surface area (Å²) >= 11 is 0. The molecule has 3 rings (SSSR count). The van der Waals surface area contributed by atoms with E-state index in [2.05, 4.69) is 0 Å². The molecule has 0 saturated carbocycles. The Hall–Kier alpha value is -2.14. The lowest BCUT2D eigenvalue weighted by atomic mass is 10.0. The molecule has 0 atom stereocenters. The van der Waals surface area contributed by atoms with Crippen molar-refractivity contribution >= 4 is 21.4 Å². The largest absolute Gasteiger partial charge is 0.312 e. The molecule has 4 nitrogen and oxygen atoms in total. The van der Waals surface area contributed by atoms with Gasteiger partial charge in [0.2, 0.25) is 5.91 Å². The quantitative estimate of drug-likeness (QED) is 0.807. The number of carbonyl (C=O) groups excluding carboxylic acids is 1. The maximum absolute atomic E-state index is 12.6. The second kappa shape index (κ2) is 7.62. The molecule has 0 spiro atoms. The third-order valence-electron chi connectivity index (χ3n) is 4.71. The Balaban J connectivity index is 1.65. The van der Waals surface area contributed by atoms with Crippen LogP contribution in [0, 0.1) is 13.8 Å². The number of carbonyl (C=O) groups is 1. The monoisotopic (exact) mass is 371 g/mol. The number of nitrogens with zero attached hydrogens (tertiary/aromatic N) is 1. The molecule has 0 fully saturated rings. The molecule has 0 aliphatic carbocycles. The maximum atomic E-state index is 12.6. The van der Waals surface area contributed by atoms with Crippen LogP contribution in [0.15, 0.2) is 42.5 Å². The zero-order chi connectivity index (χ0) is 18.7. The molecule has 1 heterocycles. The van der Waals surface area contributed by atoms with Crippen molar-refractivity contribution in [3.8, 4) is 0 Å². The smallest absolute Gasteiger partial charge is 0.228 e. The van der Waals surface area contributed by atoms with Gasteiger partial charge in [-0.05, 0) is 43.9 Å². The Morgan fingerprint density at radius 2 is 1.77 bits per heavy atom. The van der Waals surface area contributed by atoms with E-state index in [1.54, 1.807) is 4.90 Å². The first-order valence-corrected chi connectivity index (χ1v) is 10.8. The van der Waals surface area contributed by atoms with Gasteiger partial charge in [0.1, 0.15) is 0 Å². The molecule has 2 aromatic carbocycles. The molecular formula is C21H25NO3S. The SMILES string of the molecule is Cc1cc(C)cc(CS(=O)(=O)CCC(=O)N2CCCc3ccccc32)c1. The molecule has 138 valence electrons. The molecular weight excluding hydrogens is 346 g/mol. The Morgan fingerprint density at radius 1 is 1.08 bits per heavy atom. The zero-order valence-corrected chi connectivity index (χ0v) is 16.2. The molecule has 1 amide bonds. The van der Waals surface area contributed by atoms with Crippen LogP contribution < -0.4 is 4.90 Å². The highest BCUT2D eigenvalue weighted by Crippen LogP contribution is 2.27. The number of hydrogen-bond donors (Lipinski definition) is 0. The minimum absolute atomic E-state index is 0.0145. The lowest BCUT2D eigenvalue weighted by Gasteiger charge is -2.29. The molecule has 0 radical (unpaired) electrons. The average molecular weight is 372 g/mol. The van der Waals surface area contributed by atoms with Crippen LogP contribution in [0.5, 0.6) is 0 Å². The number of benzene rings is 2. The molecule has 1 aliphatic rings. The molecule has 5 heteroatoms. The summed E-state index contributed by atoms with van der Waals surface area (Å²) in [6, 6.07) is 13.7. The minimum Gasteiger partial charge on any atom is -0.312 e. The highest BCUT2D eigenvalue weighted by molar-refractivity contribution is 7.90. The van der Waals surface area contributed by atoms with Gasteiger partial charge < -0.3 is 4.90 Å². The van der Waals surface area contributed by atoms with Crippen LogP contribution in [0.1, 0.15) is 35.1 Å². The van der Waals surface area contributed by atoms with Crippen molar-refractivity contribution in [3.63, 3.8) is 0 Å². The van der Waals surface area contributed by atoms with Crippen LogP contribution in [0.25, 0.3) is 0 Å². The van der Waals surface area contributed by atoms with E-state index in [9.17, 15) is 13.2 Å². The second-order valence-electron chi connectivity index (χ2n) is 7.12. The van der Waals surface area contributed by atoms with E-state index in [0.29, 0.717) is 6.54 Å². The molecule has 2 aromatic rings. The summed E-state index contributed by atoms with van der Waals surface area (Å²) in [4.78, 5) is 14.4. The van der Waals surface area contributed by atoms with Crippen molar-refractivity contribution in [2.75, 3.05) is 17.2 Å². The van der Waals surface area contributed by atoms with E-state index in [1.807, 2.05) is 56.3 Å². The molecule has 1 aliphatic heterocycles. The number of hydrogen-bond acceptors (Lipinski definition) is 3. The molecule has 0 aromatic heterocycles. The van der Waals surface area contributed by atoms with Gasteiger partial charge in [0, 0.05) is 18.7 Å². The van der Waals surface area contributed by atoms with Crippen LogP contribution in [0.4, 0.5) is 5.69 Å². The fraction of sp³-hybridized carbons (Fsp3) is 0.381. The third-order valence-corrected chi connectivity index (χ3v) is 6.31. The first-order chi connectivity index (χ1) is 12.3. The van der Waals surface area contributed by atoms with E-state index in [4.69, 9.17) is 0 Å².